The third-order valence-corrected chi connectivity index (χ3v) is 0. The average Bonchev–Trinajstić information content (AvgIpc) is 0.811. The molecule has 0 aromatic carbocycles. The highest BCUT2D eigenvalue weighted by molar-refractivity contribution is 6.19. The van der Waals surface area contributed by atoms with Gasteiger partial charge in [-0.1, -0.05) is 11.6 Å². The van der Waals surface area contributed by atoms with Gasteiger partial charge in [0.25, 0.3) is 0 Å². The highest BCUT2D eigenvalue weighted by Gasteiger charge is 1.72. The van der Waals surface area contributed by atoms with Crippen molar-refractivity contribution in [1.82, 2.24) is 0 Å². The van der Waals surface area contributed by atoms with E-state index in [1.54, 1.807) is 0 Å². The summed E-state index contributed by atoms with van der Waals surface area (Å²) in [6, 6.07) is 0. The molecular weight excluding hydrogens is 77.5 g/mol. The molecule has 0 bridgehead atoms. The van der Waals surface area contributed by atoms with E-state index in [2.05, 4.69) is 0 Å². The summed E-state index contributed by atoms with van der Waals surface area (Å²) in [5.74, 6) is 0. The van der Waals surface area contributed by atoms with Crippen LogP contribution in [0.25, 0.3) is 0 Å². The monoisotopic (exact) mass is 82.0 g/mol. The first-order valence-electron chi connectivity index (χ1n) is 1.05. The van der Waals surface area contributed by atoms with Crippen molar-refractivity contribution in [2.75, 3.05) is 0 Å². The second-order valence-electron chi connectivity index (χ2n) is 0.574. The van der Waals surface area contributed by atoms with Gasteiger partial charge in [-0.3, -0.25) is 0 Å². The Kier molecular flexibility index (Phi) is 1.66. The lowest BCUT2D eigenvalue weighted by molar-refractivity contribution is 0.277. The van der Waals surface area contributed by atoms with Gasteiger partial charge in [0, 0.05) is 0 Å². The van der Waals surface area contributed by atoms with Crippen molar-refractivity contribution < 1.29 is 5.11 Å². The summed E-state index contributed by atoms with van der Waals surface area (Å²) in [4.78, 5) is 0. The molecule has 0 aliphatic rings. The molecule has 0 fully saturated rings. The summed E-state index contributed by atoms with van der Waals surface area (Å²) in [6.07, 6.45) is 0. The van der Waals surface area contributed by atoms with Crippen molar-refractivity contribution in [3.63, 3.8) is 0 Å². The number of alkyl halides is 1. The smallest absolute Gasteiger partial charge is 0.125 e. The minimum Gasteiger partial charge on any atom is -0.378 e. The molecule has 0 aromatic rings. The van der Waals surface area contributed by atoms with E-state index < -0.39 is 5.56 Å². The van der Waals surface area contributed by atoms with Crippen molar-refractivity contribution in [2.45, 2.75) is 12.5 Å². The van der Waals surface area contributed by atoms with Crippen molar-refractivity contribution in [3.05, 3.63) is 0 Å². The molecule has 1 N–H and O–H groups in total. The number of aliphatic hydroxyl groups is 1. The SMILES string of the molecule is [13CH3][13CH](O)Cl. The molecule has 1 atom stereocenters. The van der Waals surface area contributed by atoms with Crippen LogP contribution in [0.4, 0.5) is 0 Å². The van der Waals surface area contributed by atoms with Crippen LogP contribution in [0.5, 0.6) is 0 Å². The maximum absolute atomic E-state index is 7.82. The van der Waals surface area contributed by atoms with Gasteiger partial charge in [0.1, 0.15) is 5.56 Å². The lowest BCUT2D eigenvalue weighted by Crippen LogP contribution is -1.79. The van der Waals surface area contributed by atoms with Gasteiger partial charge >= 0.3 is 0 Å². The molecule has 0 saturated carbocycles. The van der Waals surface area contributed by atoms with Crippen LogP contribution in [-0.2, 0) is 0 Å². The summed E-state index contributed by atoms with van der Waals surface area (Å²) in [7, 11) is 0. The van der Waals surface area contributed by atoms with E-state index in [-0.39, 0.29) is 0 Å². The number of hydrogen-bond donors (Lipinski definition) is 1. The van der Waals surface area contributed by atoms with Crippen LogP contribution in [0.2, 0.25) is 0 Å². The summed E-state index contributed by atoms with van der Waals surface area (Å²) < 4.78 is 0. The minimum absolute atomic E-state index is 0.694. The molecule has 0 radical (unpaired) electrons. The summed E-state index contributed by atoms with van der Waals surface area (Å²) in [6.45, 7) is 1.49. The van der Waals surface area contributed by atoms with Crippen LogP contribution >= 0.6 is 11.6 Å². The second-order valence-corrected chi connectivity index (χ2v) is 1.21. The van der Waals surface area contributed by atoms with Crippen molar-refractivity contribution in [1.29, 1.82) is 0 Å². The first-order chi connectivity index (χ1) is 1.73. The van der Waals surface area contributed by atoms with E-state index in [1.807, 2.05) is 0 Å². The molecule has 0 saturated heterocycles. The largest absolute Gasteiger partial charge is 0.378 e. The van der Waals surface area contributed by atoms with Gasteiger partial charge < -0.3 is 5.11 Å². The summed E-state index contributed by atoms with van der Waals surface area (Å²) >= 11 is 4.83. The quantitative estimate of drug-likeness (QED) is 0.335. The van der Waals surface area contributed by atoms with Gasteiger partial charge in [-0.15, -0.1) is 0 Å². The van der Waals surface area contributed by atoms with E-state index in [0.717, 1.165) is 0 Å². The van der Waals surface area contributed by atoms with Crippen LogP contribution < -0.4 is 0 Å². The van der Waals surface area contributed by atoms with Crippen LogP contribution in [0.1, 0.15) is 6.92 Å². The van der Waals surface area contributed by atoms with Crippen molar-refractivity contribution >= 4 is 11.6 Å². The zero-order valence-electron chi connectivity index (χ0n) is 2.40. The van der Waals surface area contributed by atoms with Crippen molar-refractivity contribution in [2.24, 2.45) is 0 Å². The van der Waals surface area contributed by atoms with E-state index in [0.29, 0.717) is 0 Å². The maximum atomic E-state index is 7.82. The Bertz CT molecular complexity index is 10.8. The molecule has 2 heteroatoms. The normalized spacial score (nSPS) is 15.8. The van der Waals surface area contributed by atoms with Crippen LogP contribution in [-0.4, -0.2) is 10.7 Å². The predicted molar refractivity (Wildman–Crippen MR) is 17.5 cm³/mol. The fraction of sp³-hybridized carbons (Fsp3) is 1.00. The first kappa shape index (κ1) is 4.25. The highest BCUT2D eigenvalue weighted by Crippen LogP contribution is 1.79. The lowest BCUT2D eigenvalue weighted by Gasteiger charge is -1.77. The van der Waals surface area contributed by atoms with Crippen LogP contribution in [0.3, 0.4) is 0 Å². The Morgan fingerprint density at radius 2 is 2.00 bits per heavy atom. The zero-order valence-corrected chi connectivity index (χ0v) is 3.16. The number of aliphatic hydroxyl groups excluding tert-OH is 1. The first-order valence-corrected chi connectivity index (χ1v) is 1.49. The number of rotatable bonds is 0. The Hall–Kier alpha value is 0.250. The molecule has 0 aliphatic heterocycles. The Morgan fingerprint density at radius 1 is 2.00 bits per heavy atom. The number of hydrogen-bond acceptors (Lipinski definition) is 1. The fourth-order valence-electron chi connectivity index (χ4n) is 0. The van der Waals surface area contributed by atoms with Gasteiger partial charge in [0.15, 0.2) is 0 Å². The molecule has 0 rings (SSSR count). The van der Waals surface area contributed by atoms with Gasteiger partial charge in [-0.25, -0.2) is 0 Å². The molecule has 0 amide bonds. The molecule has 0 aromatic heterocycles. The fourth-order valence-corrected chi connectivity index (χ4v) is 0. The van der Waals surface area contributed by atoms with Crippen LogP contribution in [0.15, 0.2) is 0 Å². The third kappa shape index (κ3) is 56.3. The topological polar surface area (TPSA) is 20.2 Å². The van der Waals surface area contributed by atoms with Gasteiger partial charge in [-0.05, 0) is 6.92 Å². The molecular formula is C2H5ClO. The molecule has 1 nitrogen and oxygen atoms in total. The summed E-state index contributed by atoms with van der Waals surface area (Å²) in [5, 5.41) is 7.82. The zero-order chi connectivity index (χ0) is 3.58. The molecule has 26 valence electrons. The Balaban J connectivity index is 2.32. The van der Waals surface area contributed by atoms with E-state index in [1.165, 1.54) is 6.92 Å². The predicted octanol–water partition coefficient (Wildman–Crippen LogP) is 0.563. The summed E-state index contributed by atoms with van der Waals surface area (Å²) in [5.41, 5.74) is -0.694. The lowest BCUT2D eigenvalue weighted by atomic mass is 11.9. The van der Waals surface area contributed by atoms with E-state index >= 15 is 0 Å². The maximum Gasteiger partial charge on any atom is 0.125 e. The van der Waals surface area contributed by atoms with E-state index in [4.69, 9.17) is 16.7 Å². The van der Waals surface area contributed by atoms with Gasteiger partial charge in [0.05, 0.1) is 0 Å². The standard InChI is InChI=1S/C2H5ClO/c1-2(3)4/h2,4H,1H3/i1+1,2+1. The molecule has 0 spiro atoms. The number of halogens is 1. The van der Waals surface area contributed by atoms with E-state index in [9.17, 15) is 0 Å². The minimum atomic E-state index is -0.694. The second kappa shape index (κ2) is 1.56. The Labute approximate surface area is 30.2 Å². The molecule has 1 unspecified atom stereocenters. The van der Waals surface area contributed by atoms with Gasteiger partial charge in [-0.2, -0.15) is 0 Å². The van der Waals surface area contributed by atoms with Crippen LogP contribution in [0, 0.1) is 0 Å². The van der Waals surface area contributed by atoms with Crippen molar-refractivity contribution in [3.8, 4) is 0 Å². The molecule has 0 heterocycles. The molecule has 4 heavy (non-hydrogen) atoms. The van der Waals surface area contributed by atoms with Gasteiger partial charge in [0.2, 0.25) is 0 Å². The molecule has 0 aliphatic carbocycles. The highest BCUT2D eigenvalue weighted by atomic mass is 35.5. The third-order valence-electron chi connectivity index (χ3n) is 0. The average molecular weight is 82.5 g/mol. The Morgan fingerprint density at radius 3 is 2.00 bits per heavy atom.